The largest absolute Gasteiger partial charge is 0.477 e. The van der Waals surface area contributed by atoms with E-state index < -0.39 is 0 Å². The van der Waals surface area contributed by atoms with E-state index in [0.717, 1.165) is 13.0 Å². The zero-order valence-corrected chi connectivity index (χ0v) is 10.8. The summed E-state index contributed by atoms with van der Waals surface area (Å²) in [5.74, 6) is 1.30. The second-order valence-electron chi connectivity index (χ2n) is 4.04. The molecule has 1 aromatic heterocycles. The van der Waals surface area contributed by atoms with Gasteiger partial charge in [0.15, 0.2) is 0 Å². The minimum Gasteiger partial charge on any atom is -0.477 e. The molecule has 0 N–H and O–H groups in total. The molecule has 2 nitrogen and oxygen atoms in total. The van der Waals surface area contributed by atoms with Gasteiger partial charge in [0.25, 0.3) is 0 Å². The van der Waals surface area contributed by atoms with Crippen molar-refractivity contribution >= 4 is 11.6 Å². The van der Waals surface area contributed by atoms with Crippen molar-refractivity contribution in [3.63, 3.8) is 0 Å². The molecule has 0 spiro atoms. The predicted molar refractivity (Wildman–Crippen MR) is 68.0 cm³/mol. The Balaban J connectivity index is 2.34. The quantitative estimate of drug-likeness (QED) is 0.709. The molecule has 0 aliphatic heterocycles. The highest BCUT2D eigenvalue weighted by molar-refractivity contribution is 6.30. The molecule has 1 rings (SSSR count). The topological polar surface area (TPSA) is 22.1 Å². The molecule has 0 saturated carbocycles. The Morgan fingerprint density at radius 2 is 2.19 bits per heavy atom. The molecule has 16 heavy (non-hydrogen) atoms. The summed E-state index contributed by atoms with van der Waals surface area (Å²) < 4.78 is 5.64. The first-order valence-corrected chi connectivity index (χ1v) is 6.38. The highest BCUT2D eigenvalue weighted by Crippen LogP contribution is 2.16. The van der Waals surface area contributed by atoms with Crippen LogP contribution in [-0.4, -0.2) is 11.6 Å². The number of nitrogens with zero attached hydrogens (tertiary/aromatic N) is 1. The van der Waals surface area contributed by atoms with Crippen molar-refractivity contribution in [3.05, 3.63) is 23.4 Å². The zero-order chi connectivity index (χ0) is 11.8. The molecule has 0 aliphatic carbocycles. The smallest absolute Gasteiger partial charge is 0.213 e. The lowest BCUT2D eigenvalue weighted by molar-refractivity contribution is 0.226. The zero-order valence-electron chi connectivity index (χ0n) is 10.1. The maximum atomic E-state index is 5.75. The van der Waals surface area contributed by atoms with Crippen molar-refractivity contribution < 1.29 is 4.74 Å². The molecule has 1 aromatic rings. The molecule has 0 aromatic carbocycles. The fourth-order valence-electron chi connectivity index (χ4n) is 1.55. The summed E-state index contributed by atoms with van der Waals surface area (Å²) in [6.45, 7) is 5.18. The third-order valence-corrected chi connectivity index (χ3v) is 2.93. The van der Waals surface area contributed by atoms with E-state index in [9.17, 15) is 0 Å². The number of hydrogen-bond donors (Lipinski definition) is 0. The first kappa shape index (κ1) is 13.3. The molecule has 0 radical (unpaired) electrons. The van der Waals surface area contributed by atoms with Crippen LogP contribution in [0.5, 0.6) is 5.88 Å². The second kappa shape index (κ2) is 7.50. The van der Waals surface area contributed by atoms with Gasteiger partial charge in [-0.1, -0.05) is 44.7 Å². The number of unbranched alkanes of at least 4 members (excludes halogenated alkanes) is 1. The monoisotopic (exact) mass is 241 g/mol. The van der Waals surface area contributed by atoms with Gasteiger partial charge in [-0.25, -0.2) is 4.98 Å². The van der Waals surface area contributed by atoms with Gasteiger partial charge in [0.2, 0.25) is 5.88 Å². The van der Waals surface area contributed by atoms with Crippen molar-refractivity contribution in [2.45, 2.75) is 39.5 Å². The second-order valence-corrected chi connectivity index (χ2v) is 4.48. The van der Waals surface area contributed by atoms with Crippen LogP contribution in [0, 0.1) is 5.92 Å². The fraction of sp³-hybridized carbons (Fsp3) is 0.615. The minimum absolute atomic E-state index is 0.637. The molecule has 0 bridgehead atoms. The highest BCUT2D eigenvalue weighted by Gasteiger charge is 2.07. The Labute approximate surface area is 103 Å². The van der Waals surface area contributed by atoms with Crippen LogP contribution in [0.3, 0.4) is 0 Å². The van der Waals surface area contributed by atoms with Crippen LogP contribution in [0.25, 0.3) is 0 Å². The molecule has 1 heterocycles. The van der Waals surface area contributed by atoms with Crippen LogP contribution in [0.2, 0.25) is 5.02 Å². The number of ether oxygens (including phenoxy) is 1. The third kappa shape index (κ3) is 4.84. The Bertz CT molecular complexity index is 286. The average molecular weight is 242 g/mol. The molecule has 0 saturated heterocycles. The minimum atomic E-state index is 0.637. The Hall–Kier alpha value is -0.760. The average Bonchev–Trinajstić information content (AvgIpc) is 2.32. The van der Waals surface area contributed by atoms with Gasteiger partial charge < -0.3 is 4.74 Å². The summed E-state index contributed by atoms with van der Waals surface area (Å²) in [6.07, 6.45) is 6.53. The molecule has 0 aliphatic rings. The molecular formula is C13H20ClNO. The van der Waals surface area contributed by atoms with Gasteiger partial charge in [0.1, 0.15) is 0 Å². The highest BCUT2D eigenvalue weighted by atomic mass is 35.5. The lowest BCUT2D eigenvalue weighted by Gasteiger charge is -2.14. The summed E-state index contributed by atoms with van der Waals surface area (Å²) in [7, 11) is 0. The predicted octanol–water partition coefficient (Wildman–Crippen LogP) is 4.33. The van der Waals surface area contributed by atoms with Crippen LogP contribution < -0.4 is 4.74 Å². The van der Waals surface area contributed by atoms with Gasteiger partial charge in [-0.05, 0) is 18.4 Å². The van der Waals surface area contributed by atoms with Gasteiger partial charge in [0, 0.05) is 12.3 Å². The van der Waals surface area contributed by atoms with Gasteiger partial charge in [-0.2, -0.15) is 0 Å². The number of aromatic nitrogens is 1. The fourth-order valence-corrected chi connectivity index (χ4v) is 1.66. The SMILES string of the molecule is CCCCC(CC)COc1ccc(Cl)cn1. The van der Waals surface area contributed by atoms with Crippen LogP contribution in [0.4, 0.5) is 0 Å². The standard InChI is InChI=1S/C13H20ClNO/c1-3-5-6-11(4-2)10-16-13-8-7-12(14)9-15-13/h7-9,11H,3-6,10H2,1-2H3. The first-order chi connectivity index (χ1) is 7.76. The summed E-state index contributed by atoms with van der Waals surface area (Å²) >= 11 is 5.75. The van der Waals surface area contributed by atoms with Crippen molar-refractivity contribution in [1.82, 2.24) is 4.98 Å². The number of hydrogen-bond acceptors (Lipinski definition) is 2. The van der Waals surface area contributed by atoms with Crippen molar-refractivity contribution in [3.8, 4) is 5.88 Å². The molecule has 1 atom stereocenters. The lowest BCUT2D eigenvalue weighted by Crippen LogP contribution is -2.11. The molecule has 90 valence electrons. The third-order valence-electron chi connectivity index (χ3n) is 2.71. The molecular weight excluding hydrogens is 222 g/mol. The van der Waals surface area contributed by atoms with Gasteiger partial charge in [0.05, 0.1) is 11.6 Å². The Kier molecular flexibility index (Phi) is 6.24. The molecule has 0 fully saturated rings. The van der Waals surface area contributed by atoms with E-state index in [1.165, 1.54) is 19.3 Å². The van der Waals surface area contributed by atoms with E-state index in [0.29, 0.717) is 16.8 Å². The molecule has 3 heteroatoms. The number of rotatable bonds is 7. The summed E-state index contributed by atoms with van der Waals surface area (Å²) in [5, 5.41) is 0.644. The van der Waals surface area contributed by atoms with E-state index in [-0.39, 0.29) is 0 Å². The van der Waals surface area contributed by atoms with Crippen LogP contribution >= 0.6 is 11.6 Å². The van der Waals surface area contributed by atoms with E-state index in [1.54, 1.807) is 12.3 Å². The van der Waals surface area contributed by atoms with Gasteiger partial charge in [-0.15, -0.1) is 0 Å². The van der Waals surface area contributed by atoms with E-state index in [2.05, 4.69) is 18.8 Å². The normalized spacial score (nSPS) is 12.4. The summed E-state index contributed by atoms with van der Waals surface area (Å²) in [5.41, 5.74) is 0. The summed E-state index contributed by atoms with van der Waals surface area (Å²) in [6, 6.07) is 3.62. The van der Waals surface area contributed by atoms with Crippen LogP contribution in [0.1, 0.15) is 39.5 Å². The maximum absolute atomic E-state index is 5.75. The van der Waals surface area contributed by atoms with Gasteiger partial charge >= 0.3 is 0 Å². The van der Waals surface area contributed by atoms with Crippen molar-refractivity contribution in [2.75, 3.05) is 6.61 Å². The first-order valence-electron chi connectivity index (χ1n) is 6.00. The Morgan fingerprint density at radius 1 is 1.38 bits per heavy atom. The van der Waals surface area contributed by atoms with E-state index in [1.807, 2.05) is 6.07 Å². The van der Waals surface area contributed by atoms with E-state index in [4.69, 9.17) is 16.3 Å². The summed E-state index contributed by atoms with van der Waals surface area (Å²) in [4.78, 5) is 4.11. The Morgan fingerprint density at radius 3 is 2.75 bits per heavy atom. The van der Waals surface area contributed by atoms with E-state index >= 15 is 0 Å². The van der Waals surface area contributed by atoms with Crippen molar-refractivity contribution in [2.24, 2.45) is 5.92 Å². The molecule has 0 amide bonds. The van der Waals surface area contributed by atoms with Crippen LogP contribution in [-0.2, 0) is 0 Å². The maximum Gasteiger partial charge on any atom is 0.213 e. The number of pyridine rings is 1. The number of halogens is 1. The lowest BCUT2D eigenvalue weighted by atomic mass is 10.0. The van der Waals surface area contributed by atoms with Gasteiger partial charge in [-0.3, -0.25) is 0 Å². The van der Waals surface area contributed by atoms with Crippen molar-refractivity contribution in [1.29, 1.82) is 0 Å². The van der Waals surface area contributed by atoms with Crippen LogP contribution in [0.15, 0.2) is 18.3 Å². The molecule has 1 unspecified atom stereocenters.